The molecule has 0 radical (unpaired) electrons. The molecule has 0 aromatic rings. The third-order valence-corrected chi connectivity index (χ3v) is 6.37. The molecule has 1 rings (SSSR count). The molecule has 1 N–H and O–H groups in total. The second kappa shape index (κ2) is 20.7. The molecule has 6 nitrogen and oxygen atoms in total. The number of ether oxygens (including phenoxy) is 1. The summed E-state index contributed by atoms with van der Waals surface area (Å²) in [4.78, 5) is 31.9. The van der Waals surface area contributed by atoms with E-state index in [0.717, 1.165) is 38.5 Å². The Morgan fingerprint density at radius 1 is 0.906 bits per heavy atom. The van der Waals surface area contributed by atoms with Gasteiger partial charge in [-0.15, -0.1) is 0 Å². The minimum Gasteiger partial charge on any atom is -0.756 e. The van der Waals surface area contributed by atoms with Crippen molar-refractivity contribution in [3.8, 4) is 0 Å². The van der Waals surface area contributed by atoms with Gasteiger partial charge in [-0.2, -0.15) is 0 Å². The van der Waals surface area contributed by atoms with Crippen molar-refractivity contribution in [1.29, 1.82) is 0 Å². The SMILES string of the molecule is CCCCCCCC/C=C/CCCCCCCC(=O)O[C@@H]1CCCC[C@@H]1OP(=O)([O-])O.[Na+]. The van der Waals surface area contributed by atoms with E-state index in [1.54, 1.807) is 0 Å². The van der Waals surface area contributed by atoms with Crippen LogP contribution in [0.3, 0.4) is 0 Å². The molecule has 182 valence electrons. The van der Waals surface area contributed by atoms with Gasteiger partial charge in [0.15, 0.2) is 0 Å². The van der Waals surface area contributed by atoms with E-state index in [2.05, 4.69) is 19.1 Å². The molecule has 3 atom stereocenters. The number of phosphoric ester groups is 1. The van der Waals surface area contributed by atoms with E-state index in [4.69, 9.17) is 14.2 Å². The Kier molecular flexibility index (Phi) is 20.9. The number of allylic oxidation sites excluding steroid dienone is 2. The molecule has 0 bridgehead atoms. The van der Waals surface area contributed by atoms with Crippen LogP contribution in [0.2, 0.25) is 0 Å². The number of hydrogen-bond acceptors (Lipinski definition) is 5. The fourth-order valence-corrected chi connectivity index (χ4v) is 4.64. The Bertz CT molecular complexity index is 537. The molecule has 0 aromatic carbocycles. The topological polar surface area (TPSA) is 95.9 Å². The van der Waals surface area contributed by atoms with Crippen LogP contribution >= 0.6 is 7.82 Å². The van der Waals surface area contributed by atoms with Gasteiger partial charge in [0.05, 0.1) is 0 Å². The maximum atomic E-state index is 12.1. The van der Waals surface area contributed by atoms with E-state index >= 15 is 0 Å². The first-order valence-corrected chi connectivity index (χ1v) is 14.0. The van der Waals surface area contributed by atoms with Gasteiger partial charge in [0.1, 0.15) is 12.2 Å². The van der Waals surface area contributed by atoms with E-state index in [-0.39, 0.29) is 35.5 Å². The number of phosphoric acid groups is 1. The summed E-state index contributed by atoms with van der Waals surface area (Å²) >= 11 is 0. The second-order valence-electron chi connectivity index (χ2n) is 8.76. The minimum absolute atomic E-state index is 0. The molecule has 8 heteroatoms. The van der Waals surface area contributed by atoms with E-state index < -0.39 is 20.0 Å². The quantitative estimate of drug-likeness (QED) is 0.106. The largest absolute Gasteiger partial charge is 1.00 e. The summed E-state index contributed by atoms with van der Waals surface area (Å²) < 4.78 is 21.1. The fraction of sp³-hybridized carbons (Fsp3) is 0.875. The van der Waals surface area contributed by atoms with Gasteiger partial charge < -0.3 is 19.0 Å². The van der Waals surface area contributed by atoms with Crippen LogP contribution in [0.1, 0.15) is 122 Å². The fourth-order valence-electron chi connectivity index (χ4n) is 4.06. The summed E-state index contributed by atoms with van der Waals surface area (Å²) in [5, 5.41) is 0. The van der Waals surface area contributed by atoms with Gasteiger partial charge in [-0.1, -0.05) is 76.9 Å². The van der Waals surface area contributed by atoms with Crippen LogP contribution in [0.4, 0.5) is 0 Å². The third kappa shape index (κ3) is 18.7. The third-order valence-electron chi connectivity index (χ3n) is 5.84. The van der Waals surface area contributed by atoms with Gasteiger partial charge in [-0.05, 0) is 51.4 Å². The minimum atomic E-state index is -4.81. The molecule has 1 saturated carbocycles. The van der Waals surface area contributed by atoms with Crippen LogP contribution in [-0.4, -0.2) is 23.1 Å². The standard InChI is InChI=1S/C24H45O6P.Na/c1-2-3-4-5-6-7-8-9-10-11-12-13-14-15-16-21-24(25)29-22-19-17-18-20-23(22)30-31(26,27)28;/h9-10,22-23H,2-8,11-21H2,1H3,(H2,26,27,28);/q;+1/p-1/b10-9+;/t22-,23+;/m1./s1. The summed E-state index contributed by atoms with van der Waals surface area (Å²) in [6.45, 7) is 2.25. The molecule has 0 aromatic heterocycles. The molecular weight excluding hydrogens is 438 g/mol. The van der Waals surface area contributed by atoms with E-state index in [1.807, 2.05) is 0 Å². The summed E-state index contributed by atoms with van der Waals surface area (Å²) in [7, 11) is -4.81. The molecule has 32 heavy (non-hydrogen) atoms. The first-order valence-electron chi connectivity index (χ1n) is 12.5. The van der Waals surface area contributed by atoms with Crippen molar-refractivity contribution in [2.75, 3.05) is 0 Å². The monoisotopic (exact) mass is 482 g/mol. The Balaban J connectivity index is 0.00000961. The van der Waals surface area contributed by atoms with E-state index in [1.165, 1.54) is 57.8 Å². The van der Waals surface area contributed by atoms with Gasteiger partial charge in [-0.3, -0.25) is 9.36 Å². The molecule has 0 spiro atoms. The molecule has 0 amide bonds. The van der Waals surface area contributed by atoms with Crippen LogP contribution < -0.4 is 34.5 Å². The summed E-state index contributed by atoms with van der Waals surface area (Å²) in [6.07, 6.45) is 22.0. The number of carbonyl (C=O) groups is 1. The van der Waals surface area contributed by atoms with Gasteiger partial charge in [-0.25, -0.2) is 0 Å². The maximum absolute atomic E-state index is 12.1. The average molecular weight is 483 g/mol. The zero-order valence-electron chi connectivity index (χ0n) is 20.5. The molecule has 0 saturated heterocycles. The number of carbonyl (C=O) groups excluding carboxylic acids is 1. The molecule has 1 aliphatic carbocycles. The average Bonchev–Trinajstić information content (AvgIpc) is 2.71. The number of esters is 1. The Morgan fingerprint density at radius 3 is 1.97 bits per heavy atom. The van der Waals surface area contributed by atoms with Crippen LogP contribution in [-0.2, 0) is 18.6 Å². The molecular formula is C24H44NaO6P. The Hall–Kier alpha value is 0.320. The van der Waals surface area contributed by atoms with Crippen molar-refractivity contribution in [2.45, 2.75) is 135 Å². The number of hydrogen-bond donors (Lipinski definition) is 1. The number of unbranched alkanes of at least 4 members (excludes halogenated alkanes) is 11. The Morgan fingerprint density at radius 2 is 1.41 bits per heavy atom. The van der Waals surface area contributed by atoms with Crippen molar-refractivity contribution < 1.29 is 58.0 Å². The normalized spacial score (nSPS) is 20.6. The summed E-state index contributed by atoms with van der Waals surface area (Å²) in [5.41, 5.74) is 0. The van der Waals surface area contributed by atoms with Crippen LogP contribution in [0, 0.1) is 0 Å². The van der Waals surface area contributed by atoms with E-state index in [0.29, 0.717) is 19.3 Å². The molecule has 1 aliphatic rings. The van der Waals surface area contributed by atoms with Crippen LogP contribution in [0.15, 0.2) is 12.2 Å². The zero-order chi connectivity index (χ0) is 22.8. The molecule has 1 unspecified atom stereocenters. The first-order chi connectivity index (χ1) is 14.9. The maximum Gasteiger partial charge on any atom is 1.00 e. The van der Waals surface area contributed by atoms with Crippen LogP contribution in [0.25, 0.3) is 0 Å². The summed E-state index contributed by atoms with van der Waals surface area (Å²) in [6, 6.07) is 0. The Labute approximate surface area is 217 Å². The van der Waals surface area contributed by atoms with Gasteiger partial charge in [0.25, 0.3) is 7.82 Å². The van der Waals surface area contributed by atoms with Crippen molar-refractivity contribution in [2.24, 2.45) is 0 Å². The zero-order valence-corrected chi connectivity index (χ0v) is 23.4. The predicted molar refractivity (Wildman–Crippen MR) is 122 cm³/mol. The van der Waals surface area contributed by atoms with Crippen molar-refractivity contribution in [1.82, 2.24) is 0 Å². The predicted octanol–water partition coefficient (Wildman–Crippen LogP) is 3.36. The van der Waals surface area contributed by atoms with Crippen molar-refractivity contribution in [3.05, 3.63) is 12.2 Å². The number of rotatable bonds is 18. The second-order valence-corrected chi connectivity index (χ2v) is 9.91. The van der Waals surface area contributed by atoms with Gasteiger partial charge in [0, 0.05) is 6.42 Å². The first kappa shape index (κ1) is 32.3. The van der Waals surface area contributed by atoms with E-state index in [9.17, 15) is 14.3 Å². The molecule has 0 aliphatic heterocycles. The smallest absolute Gasteiger partial charge is 0.756 e. The van der Waals surface area contributed by atoms with Crippen molar-refractivity contribution >= 4 is 13.8 Å². The van der Waals surface area contributed by atoms with Crippen LogP contribution in [0.5, 0.6) is 0 Å². The van der Waals surface area contributed by atoms with Gasteiger partial charge in [0.2, 0.25) is 0 Å². The summed E-state index contributed by atoms with van der Waals surface area (Å²) in [5.74, 6) is -0.309. The molecule has 0 heterocycles. The van der Waals surface area contributed by atoms with Crippen molar-refractivity contribution in [3.63, 3.8) is 0 Å². The van der Waals surface area contributed by atoms with Gasteiger partial charge >= 0.3 is 35.5 Å². The molecule has 1 fully saturated rings.